The van der Waals surface area contributed by atoms with E-state index in [4.69, 9.17) is 4.74 Å². The van der Waals surface area contributed by atoms with Crippen LogP contribution in [0.1, 0.15) is 43.7 Å². The SMILES string of the molecule is CCN1CC[C@]23CC(=O)CC[C@H]2[C@H]1Cc1ccc(OC)c(O)c13. The number of Topliss-reactive ketones (excluding diaryl/α,β-unsaturated/α-hetero) is 1. The summed E-state index contributed by atoms with van der Waals surface area (Å²) in [6, 6.07) is 4.46. The summed E-state index contributed by atoms with van der Waals surface area (Å²) >= 11 is 0. The number of carbonyl (C=O) groups is 1. The molecule has 2 fully saturated rings. The fourth-order valence-corrected chi connectivity index (χ4v) is 5.55. The molecule has 2 bridgehead atoms. The van der Waals surface area contributed by atoms with E-state index in [0.29, 0.717) is 36.3 Å². The third kappa shape index (κ3) is 1.97. The fraction of sp³-hybridized carbons (Fsp3) is 0.632. The Balaban J connectivity index is 1.92. The van der Waals surface area contributed by atoms with Gasteiger partial charge in [-0.1, -0.05) is 13.0 Å². The first-order valence-electron chi connectivity index (χ1n) is 8.75. The number of likely N-dealkylation sites (N-methyl/N-ethyl adjacent to an activating group) is 1. The molecular weight excluding hydrogens is 290 g/mol. The lowest BCUT2D eigenvalue weighted by atomic mass is 9.52. The molecule has 1 saturated carbocycles. The van der Waals surface area contributed by atoms with Gasteiger partial charge in [0, 0.05) is 29.9 Å². The van der Waals surface area contributed by atoms with E-state index in [2.05, 4.69) is 17.9 Å². The lowest BCUT2D eigenvalue weighted by Gasteiger charge is -2.58. The van der Waals surface area contributed by atoms with E-state index in [1.165, 1.54) is 5.56 Å². The van der Waals surface area contributed by atoms with Crippen molar-refractivity contribution < 1.29 is 14.6 Å². The average molecular weight is 315 g/mol. The molecular formula is C19H25NO3. The van der Waals surface area contributed by atoms with Crippen LogP contribution in [0.2, 0.25) is 0 Å². The maximum atomic E-state index is 12.3. The number of phenols is 1. The summed E-state index contributed by atoms with van der Waals surface area (Å²) in [4.78, 5) is 14.9. The van der Waals surface area contributed by atoms with E-state index in [1.807, 2.05) is 6.07 Å². The van der Waals surface area contributed by atoms with Crippen molar-refractivity contribution in [1.82, 2.24) is 4.90 Å². The predicted octanol–water partition coefficient (Wildman–Crippen LogP) is 2.66. The van der Waals surface area contributed by atoms with Crippen LogP contribution in [0.4, 0.5) is 0 Å². The van der Waals surface area contributed by atoms with Gasteiger partial charge in [0.05, 0.1) is 7.11 Å². The molecule has 1 aromatic rings. The van der Waals surface area contributed by atoms with Crippen molar-refractivity contribution >= 4 is 5.78 Å². The number of fused-ring (bicyclic) bond motifs is 1. The van der Waals surface area contributed by atoms with Crippen molar-refractivity contribution in [1.29, 1.82) is 0 Å². The lowest BCUT2D eigenvalue weighted by Crippen LogP contribution is -2.61. The molecule has 2 aliphatic carbocycles. The number of hydrogen-bond donors (Lipinski definition) is 1. The number of aromatic hydroxyl groups is 1. The number of carbonyl (C=O) groups excluding carboxylic acids is 1. The predicted molar refractivity (Wildman–Crippen MR) is 88.0 cm³/mol. The van der Waals surface area contributed by atoms with Crippen LogP contribution in [0.5, 0.6) is 11.5 Å². The van der Waals surface area contributed by atoms with Crippen LogP contribution in [0.15, 0.2) is 12.1 Å². The molecule has 0 spiro atoms. The van der Waals surface area contributed by atoms with Crippen LogP contribution < -0.4 is 4.74 Å². The van der Waals surface area contributed by atoms with Gasteiger partial charge in [0.1, 0.15) is 5.78 Å². The second-order valence-electron chi connectivity index (χ2n) is 7.32. The molecule has 3 aliphatic rings. The minimum Gasteiger partial charge on any atom is -0.504 e. The minimum atomic E-state index is -0.183. The second kappa shape index (κ2) is 5.23. The molecule has 0 unspecified atom stereocenters. The number of methoxy groups -OCH3 is 1. The number of piperidine rings is 1. The Bertz CT molecular complexity index is 656. The second-order valence-corrected chi connectivity index (χ2v) is 7.32. The monoisotopic (exact) mass is 315 g/mol. The fourth-order valence-electron chi connectivity index (χ4n) is 5.55. The first-order chi connectivity index (χ1) is 11.1. The van der Waals surface area contributed by atoms with Crippen LogP contribution in [-0.4, -0.2) is 42.0 Å². The van der Waals surface area contributed by atoms with E-state index in [-0.39, 0.29) is 11.2 Å². The van der Waals surface area contributed by atoms with Crippen molar-refractivity contribution in [2.75, 3.05) is 20.2 Å². The van der Waals surface area contributed by atoms with Crippen LogP contribution in [0.3, 0.4) is 0 Å². The van der Waals surface area contributed by atoms with Crippen LogP contribution in [0, 0.1) is 5.92 Å². The maximum Gasteiger partial charge on any atom is 0.161 e. The van der Waals surface area contributed by atoms with Gasteiger partial charge in [0.15, 0.2) is 11.5 Å². The Labute approximate surface area is 137 Å². The minimum absolute atomic E-state index is 0.183. The molecule has 0 amide bonds. The molecule has 124 valence electrons. The normalized spacial score (nSPS) is 33.0. The number of ether oxygens (including phenoxy) is 1. The third-order valence-corrected chi connectivity index (χ3v) is 6.52. The first-order valence-corrected chi connectivity index (χ1v) is 8.75. The number of nitrogens with zero attached hydrogens (tertiary/aromatic N) is 1. The number of phenolic OH excluding ortho intramolecular Hbond substituents is 1. The summed E-state index contributed by atoms with van der Waals surface area (Å²) < 4.78 is 5.35. The Morgan fingerprint density at radius 1 is 1.43 bits per heavy atom. The van der Waals surface area contributed by atoms with Gasteiger partial charge < -0.3 is 9.84 Å². The summed E-state index contributed by atoms with van der Waals surface area (Å²) in [5.41, 5.74) is 2.04. The Kier molecular flexibility index (Phi) is 3.41. The number of hydrogen-bond acceptors (Lipinski definition) is 4. The lowest BCUT2D eigenvalue weighted by molar-refractivity contribution is -0.127. The smallest absolute Gasteiger partial charge is 0.161 e. The molecule has 3 atom stereocenters. The third-order valence-electron chi connectivity index (χ3n) is 6.52. The zero-order valence-electron chi connectivity index (χ0n) is 14.0. The Hall–Kier alpha value is -1.55. The van der Waals surface area contributed by atoms with Gasteiger partial charge in [0.2, 0.25) is 0 Å². The quantitative estimate of drug-likeness (QED) is 0.911. The molecule has 1 heterocycles. The molecule has 1 aromatic carbocycles. The highest BCUT2D eigenvalue weighted by Crippen LogP contribution is 2.58. The van der Waals surface area contributed by atoms with Crippen LogP contribution in [-0.2, 0) is 16.6 Å². The molecule has 23 heavy (non-hydrogen) atoms. The standard InChI is InChI=1S/C19H25NO3/c1-3-20-9-8-19-11-13(21)5-6-14(19)15(20)10-12-4-7-16(23-2)18(22)17(12)19/h4,7,14-15,22H,3,5-6,8-11H2,1-2H3/t14-,15+,19-/m0/s1. The van der Waals surface area contributed by atoms with Crippen molar-refractivity contribution in [2.24, 2.45) is 5.92 Å². The Morgan fingerprint density at radius 3 is 3.00 bits per heavy atom. The van der Waals surface area contributed by atoms with Crippen molar-refractivity contribution in [3.05, 3.63) is 23.3 Å². The summed E-state index contributed by atoms with van der Waals surface area (Å²) in [6.45, 7) is 4.30. The van der Waals surface area contributed by atoms with Gasteiger partial charge in [-0.15, -0.1) is 0 Å². The topological polar surface area (TPSA) is 49.8 Å². The van der Waals surface area contributed by atoms with Crippen molar-refractivity contribution in [2.45, 2.75) is 50.5 Å². The largest absolute Gasteiger partial charge is 0.504 e. The summed E-state index contributed by atoms with van der Waals surface area (Å²) in [5.74, 6) is 1.62. The van der Waals surface area contributed by atoms with E-state index in [0.717, 1.165) is 37.9 Å². The number of ketones is 1. The maximum absolute atomic E-state index is 12.3. The highest BCUT2D eigenvalue weighted by atomic mass is 16.5. The molecule has 4 heteroatoms. The first kappa shape index (κ1) is 15.0. The van der Waals surface area contributed by atoms with Gasteiger partial charge in [-0.05, 0) is 49.9 Å². The van der Waals surface area contributed by atoms with E-state index in [9.17, 15) is 9.90 Å². The summed E-state index contributed by atoms with van der Waals surface area (Å²) in [5, 5.41) is 10.8. The molecule has 1 N–H and O–H groups in total. The van der Waals surface area contributed by atoms with Gasteiger partial charge in [-0.3, -0.25) is 9.69 Å². The number of likely N-dealkylation sites (tertiary alicyclic amines) is 1. The molecule has 0 radical (unpaired) electrons. The van der Waals surface area contributed by atoms with Gasteiger partial charge in [-0.2, -0.15) is 0 Å². The molecule has 1 saturated heterocycles. The molecule has 4 nitrogen and oxygen atoms in total. The highest BCUT2D eigenvalue weighted by Gasteiger charge is 2.56. The highest BCUT2D eigenvalue weighted by molar-refractivity contribution is 5.82. The Morgan fingerprint density at radius 2 is 2.26 bits per heavy atom. The average Bonchev–Trinajstić information content (AvgIpc) is 2.54. The molecule has 0 aromatic heterocycles. The zero-order valence-corrected chi connectivity index (χ0v) is 14.0. The van der Waals surface area contributed by atoms with Crippen molar-refractivity contribution in [3.8, 4) is 11.5 Å². The molecule has 4 rings (SSSR count). The van der Waals surface area contributed by atoms with E-state index >= 15 is 0 Å². The zero-order chi connectivity index (χ0) is 16.2. The summed E-state index contributed by atoms with van der Waals surface area (Å²) in [7, 11) is 1.59. The van der Waals surface area contributed by atoms with Crippen LogP contribution >= 0.6 is 0 Å². The van der Waals surface area contributed by atoms with Crippen molar-refractivity contribution in [3.63, 3.8) is 0 Å². The number of rotatable bonds is 2. The van der Waals surface area contributed by atoms with Gasteiger partial charge in [0.25, 0.3) is 0 Å². The molecule has 1 aliphatic heterocycles. The number of benzene rings is 1. The van der Waals surface area contributed by atoms with Gasteiger partial charge >= 0.3 is 0 Å². The summed E-state index contributed by atoms with van der Waals surface area (Å²) in [6.07, 6.45) is 4.17. The van der Waals surface area contributed by atoms with Crippen LogP contribution in [0.25, 0.3) is 0 Å². The van der Waals surface area contributed by atoms with E-state index in [1.54, 1.807) is 7.11 Å². The van der Waals surface area contributed by atoms with Gasteiger partial charge in [-0.25, -0.2) is 0 Å². The van der Waals surface area contributed by atoms with E-state index < -0.39 is 0 Å².